The van der Waals surface area contributed by atoms with Crippen LogP contribution in [0, 0.1) is 0 Å². The minimum atomic E-state index is -0.431. The van der Waals surface area contributed by atoms with E-state index in [2.05, 4.69) is 44.9 Å². The van der Waals surface area contributed by atoms with E-state index in [0.29, 0.717) is 8.39 Å². The molecule has 0 spiro atoms. The molecule has 4 aromatic carbocycles. The molecular formula is C33H36BrNaO4S4Si2. The summed E-state index contributed by atoms with van der Waals surface area (Å²) >= 11 is 19.7. The van der Waals surface area contributed by atoms with Crippen LogP contribution >= 0.6 is 52.1 Å². The number of halogens is 1. The van der Waals surface area contributed by atoms with Gasteiger partial charge in [-0.1, -0.05) is 167 Å². The Balaban J connectivity index is 0.000000689. The van der Waals surface area contributed by atoms with E-state index in [1.165, 1.54) is 36.4 Å². The first-order chi connectivity index (χ1) is 20.6. The van der Waals surface area contributed by atoms with Crippen LogP contribution in [-0.2, 0) is 31.7 Å². The molecule has 0 fully saturated rings. The molecule has 0 saturated heterocycles. The molecule has 232 valence electrons. The number of thioether (sulfide) groups is 1. The van der Waals surface area contributed by atoms with Gasteiger partial charge < -0.3 is 34.3 Å². The smallest absolute Gasteiger partial charge is 0.468 e. The second-order valence-corrected chi connectivity index (χ2v) is 15.1. The van der Waals surface area contributed by atoms with Gasteiger partial charge >= 0.3 is 41.5 Å². The zero-order valence-corrected chi connectivity index (χ0v) is 36.0. The molecule has 0 aliphatic heterocycles. The Morgan fingerprint density at radius 1 is 0.711 bits per heavy atom. The molecule has 12 heteroatoms. The number of alkyl halides is 1. The first-order valence-electron chi connectivity index (χ1n) is 13.0. The van der Waals surface area contributed by atoms with Crippen molar-refractivity contribution < 1.29 is 48.6 Å². The molecule has 0 amide bonds. The minimum absolute atomic E-state index is 0. The van der Waals surface area contributed by atoms with E-state index in [4.69, 9.17) is 41.8 Å². The maximum Gasteiger partial charge on any atom is 1.00 e. The predicted molar refractivity (Wildman–Crippen MR) is 208 cm³/mol. The Kier molecular flexibility index (Phi) is 22.9. The van der Waals surface area contributed by atoms with Crippen LogP contribution in [0.15, 0.2) is 109 Å². The Bertz CT molecular complexity index is 1480. The quantitative estimate of drug-likeness (QED) is 0.0928. The fraction of sp³-hybridized carbons (Fsp3) is 0.152. The van der Waals surface area contributed by atoms with Gasteiger partial charge in [0.05, 0.1) is 18.4 Å². The summed E-state index contributed by atoms with van der Waals surface area (Å²) in [5.41, 5.74) is 3.77. The summed E-state index contributed by atoms with van der Waals surface area (Å²) in [6.45, 7) is 0. The number of rotatable bonds is 7. The van der Waals surface area contributed by atoms with E-state index in [0.717, 1.165) is 42.7 Å². The predicted octanol–water partition coefficient (Wildman–Crippen LogP) is 1.84. The topological polar surface area (TPSA) is 52.6 Å². The molecule has 0 radical (unpaired) electrons. The Morgan fingerprint density at radius 2 is 1.11 bits per heavy atom. The number of hydrogen-bond acceptors (Lipinski definition) is 8. The van der Waals surface area contributed by atoms with Crippen LogP contribution in [0.25, 0.3) is 0 Å². The van der Waals surface area contributed by atoms with Gasteiger partial charge in [0.15, 0.2) is 0 Å². The number of carbonyl (C=O) groups is 2. The van der Waals surface area contributed by atoms with Gasteiger partial charge in [0.25, 0.3) is 0 Å². The van der Waals surface area contributed by atoms with Crippen molar-refractivity contribution in [1.29, 1.82) is 0 Å². The molecule has 0 aromatic heterocycles. The van der Waals surface area contributed by atoms with Crippen molar-refractivity contribution in [3.05, 3.63) is 131 Å². The van der Waals surface area contributed by atoms with Crippen molar-refractivity contribution in [2.75, 3.05) is 14.2 Å². The van der Waals surface area contributed by atoms with Gasteiger partial charge in [-0.05, 0) is 22.3 Å². The van der Waals surface area contributed by atoms with Crippen molar-refractivity contribution in [3.63, 3.8) is 0 Å². The maximum atomic E-state index is 12.0. The van der Waals surface area contributed by atoms with Crippen molar-refractivity contribution in [2.24, 2.45) is 0 Å². The average Bonchev–Trinajstić information content (AvgIpc) is 3.04. The fourth-order valence-electron chi connectivity index (χ4n) is 3.40. The summed E-state index contributed by atoms with van der Waals surface area (Å²) in [7, 11) is 4.88. The van der Waals surface area contributed by atoms with Crippen LogP contribution in [0.3, 0.4) is 0 Å². The first kappa shape index (κ1) is 43.5. The number of ether oxygens (including phenoxy) is 2. The zero-order chi connectivity index (χ0) is 31.8. The molecule has 0 heterocycles. The Morgan fingerprint density at radius 3 is 1.51 bits per heavy atom. The molecular weight excluding hydrogens is 748 g/mol. The van der Waals surface area contributed by atoms with Crippen molar-refractivity contribution in [2.45, 2.75) is 17.5 Å². The van der Waals surface area contributed by atoms with Crippen LogP contribution in [0.2, 0.25) is 0 Å². The number of hydrogen-bond donors (Lipinski definition) is 0. The summed E-state index contributed by atoms with van der Waals surface area (Å²) in [6, 6.07) is 35.3. The van der Waals surface area contributed by atoms with Crippen molar-refractivity contribution in [3.8, 4) is 0 Å². The number of carbonyl (C=O) groups excluding carboxylic acids is 2. The molecule has 2 unspecified atom stereocenters. The Hall–Kier alpha value is -1.52. The van der Waals surface area contributed by atoms with Crippen LogP contribution in [-0.4, -0.2) is 55.0 Å². The zero-order valence-electron chi connectivity index (χ0n) is 25.2. The largest absolute Gasteiger partial charge is 1.00 e. The summed E-state index contributed by atoms with van der Waals surface area (Å²) in [6.07, 6.45) is 0. The molecule has 4 rings (SSSR count). The number of thiocarbonyl (C=S) groups is 2. The van der Waals surface area contributed by atoms with E-state index in [1.54, 1.807) is 0 Å². The number of methoxy groups -OCH3 is 2. The average molecular weight is 784 g/mol. The van der Waals surface area contributed by atoms with Crippen molar-refractivity contribution in [1.82, 2.24) is 0 Å². The van der Waals surface area contributed by atoms with Gasteiger partial charge in [0, 0.05) is 20.5 Å². The monoisotopic (exact) mass is 782 g/mol. The van der Waals surface area contributed by atoms with E-state index in [9.17, 15) is 9.59 Å². The molecule has 0 aliphatic carbocycles. The second kappa shape index (κ2) is 23.7. The fourth-order valence-corrected chi connectivity index (χ4v) is 6.23. The minimum Gasteiger partial charge on any atom is -0.468 e. The summed E-state index contributed by atoms with van der Waals surface area (Å²) in [4.78, 5) is 22.7. The van der Waals surface area contributed by atoms with Gasteiger partial charge in [-0.2, -0.15) is 0 Å². The molecule has 0 bridgehead atoms. The van der Waals surface area contributed by atoms with Gasteiger partial charge in [0.1, 0.15) is 10.1 Å². The molecule has 2 atom stereocenters. The molecule has 4 aromatic rings. The third-order valence-corrected chi connectivity index (χ3v) is 10.2. The molecule has 0 aliphatic rings. The number of benzene rings is 4. The van der Waals surface area contributed by atoms with Crippen LogP contribution in [0.4, 0.5) is 0 Å². The van der Waals surface area contributed by atoms with Gasteiger partial charge in [-0.15, -0.1) is 4.20 Å². The molecule has 45 heavy (non-hydrogen) atoms. The van der Waals surface area contributed by atoms with E-state index in [1.807, 2.05) is 84.9 Å². The Labute approximate surface area is 324 Å². The normalized spacial score (nSPS) is 10.9. The molecule has 0 saturated carbocycles. The van der Waals surface area contributed by atoms with Crippen molar-refractivity contribution >= 4 is 116 Å². The number of esters is 2. The van der Waals surface area contributed by atoms with Crippen LogP contribution in [0.5, 0.6) is 0 Å². The summed E-state index contributed by atoms with van der Waals surface area (Å²) < 4.78 is 10.8. The first-order valence-corrected chi connectivity index (χ1v) is 18.0. The van der Waals surface area contributed by atoms with Crippen LogP contribution in [0.1, 0.15) is 39.8 Å². The van der Waals surface area contributed by atoms with Gasteiger partial charge in [0.2, 0.25) is 0 Å². The maximum absolute atomic E-state index is 12.0. The standard InChI is InChI=1S/C16H16O2S2Si.C9H9BrO2.C7H8S2Si.CH4.Na/c1-18-15(17)14(11-5-3-2-4-6-11)20-16(19)12-7-9-13(21)10-8-12;1-12-9(11)8(10)7-5-3-2-4-6-7;8-7(9)5-1-3-6(10)4-2-5;;/h2-10,14H,1,21H3;2-6,8H,1H3;1-4H,10H3,(H,8,9);1H4;/q;;;;+1/p-1. The second-order valence-electron chi connectivity index (χ2n) is 9.04. The third-order valence-electron chi connectivity index (χ3n) is 5.82. The molecule has 4 nitrogen and oxygen atoms in total. The van der Waals surface area contributed by atoms with Gasteiger partial charge in [-0.25, -0.2) is 0 Å². The summed E-state index contributed by atoms with van der Waals surface area (Å²) in [5.74, 6) is -0.561. The molecule has 0 N–H and O–H groups in total. The third kappa shape index (κ3) is 15.8. The van der Waals surface area contributed by atoms with E-state index in [-0.39, 0.29) is 53.7 Å². The van der Waals surface area contributed by atoms with Gasteiger partial charge in [-0.3, -0.25) is 9.59 Å². The SMILES string of the molecule is C.COC(=O)C(Br)c1ccccc1.COC(=O)C(SC(=S)c1ccc([SiH3])cc1)c1ccccc1.[Na+].[SiH3]c1ccc(C(=S)[S-])cc1. The van der Waals surface area contributed by atoms with E-state index < -0.39 is 5.25 Å². The van der Waals surface area contributed by atoms with Crippen LogP contribution < -0.4 is 39.9 Å². The van der Waals surface area contributed by atoms with E-state index >= 15 is 0 Å². The summed E-state index contributed by atoms with van der Waals surface area (Å²) in [5, 5.41) is 2.26.